The van der Waals surface area contributed by atoms with E-state index in [1.54, 1.807) is 12.3 Å². The topological polar surface area (TPSA) is 12.9 Å². The summed E-state index contributed by atoms with van der Waals surface area (Å²) >= 11 is 0. The first-order chi connectivity index (χ1) is 7.58. The largest absolute Gasteiger partial charge is 0.304 e. The van der Waals surface area contributed by atoms with E-state index in [0.717, 1.165) is 23.3 Å². The normalized spacial score (nSPS) is 9.88. The van der Waals surface area contributed by atoms with Gasteiger partial charge < -0.3 is 4.98 Å². The summed E-state index contributed by atoms with van der Waals surface area (Å²) in [7, 11) is 0. The second-order valence-corrected chi connectivity index (χ2v) is 3.69. The third-order valence-corrected chi connectivity index (χ3v) is 2.49. The monoisotopic (exact) mass is 411 g/mol. The van der Waals surface area contributed by atoms with Gasteiger partial charge in [-0.1, -0.05) is 23.3 Å². The fourth-order valence-electron chi connectivity index (χ4n) is 1.40. The molecule has 2 rings (SSSR count). The number of aromatic nitrogens is 1. The van der Waals surface area contributed by atoms with Crippen molar-refractivity contribution in [2.45, 2.75) is 13.8 Å². The summed E-state index contributed by atoms with van der Waals surface area (Å²) in [6.45, 7) is 3.85. The average Bonchev–Trinajstić information content (AvgIpc) is 2.22. The van der Waals surface area contributed by atoms with Crippen molar-refractivity contribution in [1.29, 1.82) is 0 Å². The molecular weight excluding hydrogens is 400 g/mol. The summed E-state index contributed by atoms with van der Waals surface area (Å²) in [5.41, 5.74) is 2.72. The van der Waals surface area contributed by atoms with E-state index in [1.807, 2.05) is 13.8 Å². The first-order valence-electron chi connectivity index (χ1n) is 4.88. The van der Waals surface area contributed by atoms with Gasteiger partial charge in [-0.05, 0) is 25.1 Å². The van der Waals surface area contributed by atoms with Crippen molar-refractivity contribution < 1.29 is 28.9 Å². The molecule has 0 atom stereocenters. The Labute approximate surface area is 112 Å². The predicted molar refractivity (Wildman–Crippen MR) is 57.9 cm³/mol. The minimum absolute atomic E-state index is 0. The molecule has 0 bridgehead atoms. The number of halogens is 2. The maximum absolute atomic E-state index is 13.5. The second kappa shape index (κ2) is 5.48. The molecule has 1 radical (unpaired) electrons. The van der Waals surface area contributed by atoms with Gasteiger partial charge in [0.25, 0.3) is 0 Å². The Morgan fingerprint density at radius 1 is 1.12 bits per heavy atom. The predicted octanol–water partition coefficient (Wildman–Crippen LogP) is 3.44. The molecule has 1 heterocycles. The molecule has 2 aromatic rings. The van der Waals surface area contributed by atoms with E-state index in [4.69, 9.17) is 0 Å². The molecule has 0 saturated heterocycles. The van der Waals surface area contributed by atoms with E-state index in [0.29, 0.717) is 5.69 Å². The van der Waals surface area contributed by atoms with Gasteiger partial charge in [-0.15, -0.1) is 12.1 Å². The van der Waals surface area contributed by atoms with Gasteiger partial charge >= 0.3 is 0 Å². The van der Waals surface area contributed by atoms with E-state index in [9.17, 15) is 8.78 Å². The van der Waals surface area contributed by atoms with Crippen LogP contribution in [0.1, 0.15) is 11.1 Å². The molecule has 0 aliphatic rings. The molecule has 91 valence electrons. The van der Waals surface area contributed by atoms with Crippen LogP contribution in [0.25, 0.3) is 11.3 Å². The number of rotatable bonds is 1. The quantitative estimate of drug-likeness (QED) is 0.657. The third-order valence-electron chi connectivity index (χ3n) is 2.49. The molecule has 0 aliphatic carbocycles. The number of pyridine rings is 1. The van der Waals surface area contributed by atoms with Gasteiger partial charge in [0.05, 0.1) is 0 Å². The standard InChI is InChI=1S/C13H10F2N.Ir/c1-8-5-13(16-7-9(8)2)11-4-3-10(14)6-12(11)15;/h3,5-7H,1-2H3;/q-1;. The van der Waals surface area contributed by atoms with Gasteiger partial charge in [0.15, 0.2) is 0 Å². The van der Waals surface area contributed by atoms with Crippen LogP contribution in [-0.2, 0) is 20.1 Å². The van der Waals surface area contributed by atoms with Crippen LogP contribution >= 0.6 is 0 Å². The zero-order valence-electron chi connectivity index (χ0n) is 9.35. The molecule has 0 amide bonds. The molecule has 0 spiro atoms. The van der Waals surface area contributed by atoms with E-state index in [1.165, 1.54) is 0 Å². The Hall–Kier alpha value is -1.12. The molecular formula is C13H10F2IrN-. The Balaban J connectivity index is 0.00000144. The van der Waals surface area contributed by atoms with Gasteiger partial charge in [-0.2, -0.15) is 0 Å². The summed E-state index contributed by atoms with van der Waals surface area (Å²) in [5, 5.41) is 0. The van der Waals surface area contributed by atoms with Crippen LogP contribution in [0.5, 0.6) is 0 Å². The van der Waals surface area contributed by atoms with Crippen LogP contribution in [-0.4, -0.2) is 4.98 Å². The van der Waals surface area contributed by atoms with E-state index < -0.39 is 11.6 Å². The summed E-state index contributed by atoms with van der Waals surface area (Å²) in [4.78, 5) is 4.11. The van der Waals surface area contributed by atoms with Crippen molar-refractivity contribution in [2.75, 3.05) is 0 Å². The van der Waals surface area contributed by atoms with Gasteiger partial charge in [0.2, 0.25) is 0 Å². The minimum Gasteiger partial charge on any atom is -0.304 e. The Morgan fingerprint density at radius 2 is 1.82 bits per heavy atom. The zero-order chi connectivity index (χ0) is 11.7. The van der Waals surface area contributed by atoms with Crippen LogP contribution in [0.2, 0.25) is 0 Å². The van der Waals surface area contributed by atoms with Crippen LogP contribution in [0, 0.1) is 31.5 Å². The maximum atomic E-state index is 13.5. The van der Waals surface area contributed by atoms with E-state index in [-0.39, 0.29) is 25.7 Å². The van der Waals surface area contributed by atoms with Crippen LogP contribution < -0.4 is 0 Å². The first-order valence-corrected chi connectivity index (χ1v) is 4.88. The Bertz CT molecular complexity index is 541. The molecule has 0 unspecified atom stereocenters. The zero-order valence-corrected chi connectivity index (χ0v) is 11.7. The van der Waals surface area contributed by atoms with Gasteiger partial charge in [0, 0.05) is 37.9 Å². The molecule has 4 heteroatoms. The number of hydrogen-bond acceptors (Lipinski definition) is 1. The van der Waals surface area contributed by atoms with Gasteiger partial charge in [-0.25, -0.2) is 0 Å². The fourth-order valence-corrected chi connectivity index (χ4v) is 1.40. The van der Waals surface area contributed by atoms with Crippen molar-refractivity contribution in [2.24, 2.45) is 0 Å². The molecule has 1 aromatic carbocycles. The summed E-state index contributed by atoms with van der Waals surface area (Å²) < 4.78 is 26.2. The Kier molecular flexibility index (Phi) is 4.49. The number of benzene rings is 1. The van der Waals surface area contributed by atoms with Crippen molar-refractivity contribution in [3.8, 4) is 11.3 Å². The average molecular weight is 410 g/mol. The van der Waals surface area contributed by atoms with Gasteiger partial charge in [-0.3, -0.25) is 8.78 Å². The number of nitrogens with zero attached hydrogens (tertiary/aromatic N) is 1. The second-order valence-electron chi connectivity index (χ2n) is 3.69. The maximum Gasteiger partial charge on any atom is 0.0408 e. The summed E-state index contributed by atoms with van der Waals surface area (Å²) in [5.74, 6) is -1.28. The van der Waals surface area contributed by atoms with Crippen molar-refractivity contribution >= 4 is 0 Å². The Morgan fingerprint density at radius 3 is 2.41 bits per heavy atom. The molecule has 1 nitrogen and oxygen atoms in total. The molecule has 17 heavy (non-hydrogen) atoms. The van der Waals surface area contributed by atoms with Crippen molar-refractivity contribution in [3.63, 3.8) is 0 Å². The summed E-state index contributed by atoms with van der Waals surface area (Å²) in [6, 6.07) is 6.26. The molecule has 0 aliphatic heterocycles. The third kappa shape index (κ3) is 2.96. The fraction of sp³-hybridized carbons (Fsp3) is 0.154. The van der Waals surface area contributed by atoms with Crippen molar-refractivity contribution in [1.82, 2.24) is 4.98 Å². The minimum atomic E-state index is -0.643. The SMILES string of the molecule is Cc1cnc(-c2[c-]cc(F)cc2F)cc1C.[Ir]. The first kappa shape index (κ1) is 13.9. The van der Waals surface area contributed by atoms with Crippen molar-refractivity contribution in [3.05, 3.63) is 53.2 Å². The van der Waals surface area contributed by atoms with Gasteiger partial charge in [0.1, 0.15) is 0 Å². The van der Waals surface area contributed by atoms with E-state index in [2.05, 4.69) is 11.1 Å². The van der Waals surface area contributed by atoms with E-state index >= 15 is 0 Å². The molecule has 0 fully saturated rings. The van der Waals surface area contributed by atoms with Crippen LogP contribution in [0.4, 0.5) is 8.78 Å². The smallest absolute Gasteiger partial charge is 0.0408 e. The van der Waals surface area contributed by atoms with Crippen LogP contribution in [0.3, 0.4) is 0 Å². The van der Waals surface area contributed by atoms with Crippen LogP contribution in [0.15, 0.2) is 24.4 Å². The molecule has 1 aromatic heterocycles. The number of aryl methyl sites for hydroxylation is 2. The summed E-state index contributed by atoms with van der Waals surface area (Å²) in [6.07, 6.45) is 1.67. The molecule has 0 saturated carbocycles. The number of hydrogen-bond donors (Lipinski definition) is 0. The molecule has 0 N–H and O–H groups in total.